The molecule has 0 radical (unpaired) electrons. The van der Waals surface area contributed by atoms with E-state index in [2.05, 4.69) is 29.7 Å². The molecule has 0 aliphatic carbocycles. The Morgan fingerprint density at radius 3 is 2.52 bits per heavy atom. The van der Waals surface area contributed by atoms with Gasteiger partial charge in [-0.15, -0.1) is 0 Å². The van der Waals surface area contributed by atoms with Crippen LogP contribution in [0.1, 0.15) is 38.2 Å². The molecule has 1 aromatic rings. The summed E-state index contributed by atoms with van der Waals surface area (Å²) in [5.41, 5.74) is 8.44. The van der Waals surface area contributed by atoms with Crippen molar-refractivity contribution in [3.05, 3.63) is 29.8 Å². The molecule has 1 rings (SSSR count). The van der Waals surface area contributed by atoms with Gasteiger partial charge in [-0.2, -0.15) is 5.10 Å². The number of sulfone groups is 1. The third kappa shape index (κ3) is 6.68. The number of hydrogen-bond acceptors (Lipinski definition) is 4. The zero-order valence-electron chi connectivity index (χ0n) is 12.1. The molecule has 0 atom stereocenters. The lowest BCUT2D eigenvalue weighted by Crippen LogP contribution is -2.23. The highest BCUT2D eigenvalue weighted by atomic mass is 32.2. The van der Waals surface area contributed by atoms with E-state index in [0.29, 0.717) is 11.3 Å². The topological polar surface area (TPSA) is 84.5 Å². The van der Waals surface area contributed by atoms with Crippen molar-refractivity contribution in [3.63, 3.8) is 0 Å². The maximum absolute atomic E-state index is 12.1. The average molecular weight is 327 g/mol. The molecule has 116 valence electrons. The second-order valence-corrected chi connectivity index (χ2v) is 7.23. The highest BCUT2D eigenvalue weighted by molar-refractivity contribution is 7.91. The Bertz CT molecular complexity index is 581. The van der Waals surface area contributed by atoms with Gasteiger partial charge in [0.2, 0.25) is 0 Å². The van der Waals surface area contributed by atoms with E-state index in [1.54, 1.807) is 24.3 Å². The smallest absolute Gasteiger partial charge is 0.184 e. The first-order chi connectivity index (χ1) is 9.95. The van der Waals surface area contributed by atoms with E-state index in [1.165, 1.54) is 6.21 Å². The summed E-state index contributed by atoms with van der Waals surface area (Å²) in [6.07, 6.45) is 5.34. The molecule has 1 aromatic carbocycles. The van der Waals surface area contributed by atoms with E-state index in [0.717, 1.165) is 24.8 Å². The molecule has 0 heterocycles. The molecule has 0 saturated heterocycles. The number of nitrogens with one attached hydrogen (secondary N) is 1. The van der Waals surface area contributed by atoms with Crippen molar-refractivity contribution in [2.45, 2.75) is 37.5 Å². The fraction of sp³-hybridized carbons (Fsp3) is 0.429. The molecule has 0 amide bonds. The Morgan fingerprint density at radius 2 is 1.95 bits per heavy atom. The molecule has 0 fully saturated rings. The first kappa shape index (κ1) is 17.6. The molecular weight excluding hydrogens is 306 g/mol. The molecule has 5 nitrogen and oxygen atoms in total. The van der Waals surface area contributed by atoms with E-state index in [1.807, 2.05) is 0 Å². The quantitative estimate of drug-likeness (QED) is 0.331. The van der Waals surface area contributed by atoms with Gasteiger partial charge in [0.15, 0.2) is 14.9 Å². The van der Waals surface area contributed by atoms with Gasteiger partial charge in [-0.1, -0.05) is 38.3 Å². The monoisotopic (exact) mass is 327 g/mol. The summed E-state index contributed by atoms with van der Waals surface area (Å²) in [5, 5.41) is 3.89. The number of benzene rings is 1. The van der Waals surface area contributed by atoms with Crippen molar-refractivity contribution in [1.82, 2.24) is 5.43 Å². The van der Waals surface area contributed by atoms with Crippen molar-refractivity contribution < 1.29 is 8.42 Å². The second-order valence-electron chi connectivity index (χ2n) is 4.68. The van der Waals surface area contributed by atoms with Crippen molar-refractivity contribution in [1.29, 1.82) is 0 Å². The van der Waals surface area contributed by atoms with Crippen LogP contribution in [-0.2, 0) is 9.84 Å². The van der Waals surface area contributed by atoms with Crippen molar-refractivity contribution >= 4 is 33.4 Å². The Hall–Kier alpha value is -1.47. The van der Waals surface area contributed by atoms with Gasteiger partial charge in [0.25, 0.3) is 0 Å². The standard InChI is InChI=1S/C14H21N3O2S2/c1-2-3-4-5-10-21(18,19)13-8-6-12(7-9-13)11-16-17-14(15)20/h6-9,11H,2-5,10H2,1H3,(H3,15,17,20)/b16-11-. The SMILES string of the molecule is CCCCCCS(=O)(=O)c1ccc(/C=N\NC(N)=S)cc1. The fourth-order valence-electron chi connectivity index (χ4n) is 1.77. The van der Waals surface area contributed by atoms with Gasteiger partial charge in [-0.05, 0) is 36.3 Å². The van der Waals surface area contributed by atoms with Crippen LogP contribution in [0.25, 0.3) is 0 Å². The Labute approximate surface area is 131 Å². The molecule has 0 aliphatic rings. The summed E-state index contributed by atoms with van der Waals surface area (Å²) in [4.78, 5) is 0.346. The summed E-state index contributed by atoms with van der Waals surface area (Å²) in [7, 11) is -3.19. The summed E-state index contributed by atoms with van der Waals surface area (Å²) in [5.74, 6) is 0.198. The highest BCUT2D eigenvalue weighted by Crippen LogP contribution is 2.14. The van der Waals surface area contributed by atoms with Gasteiger partial charge in [-0.3, -0.25) is 5.43 Å². The van der Waals surface area contributed by atoms with Crippen LogP contribution in [0.2, 0.25) is 0 Å². The lowest BCUT2D eigenvalue weighted by atomic mass is 10.2. The van der Waals surface area contributed by atoms with Gasteiger partial charge < -0.3 is 5.73 Å². The minimum Gasteiger partial charge on any atom is -0.375 e. The highest BCUT2D eigenvalue weighted by Gasteiger charge is 2.13. The van der Waals surface area contributed by atoms with Crippen molar-refractivity contribution in [2.75, 3.05) is 5.75 Å². The zero-order chi connectivity index (χ0) is 15.7. The summed E-state index contributed by atoms with van der Waals surface area (Å²) in [6, 6.07) is 6.59. The summed E-state index contributed by atoms with van der Waals surface area (Å²) >= 11 is 4.61. The van der Waals surface area contributed by atoms with Crippen LogP contribution in [0.15, 0.2) is 34.3 Å². The Kier molecular flexibility index (Phi) is 7.31. The first-order valence-electron chi connectivity index (χ1n) is 6.87. The lowest BCUT2D eigenvalue weighted by molar-refractivity contribution is 0.589. The number of hydrogen-bond donors (Lipinski definition) is 2. The van der Waals surface area contributed by atoms with Crippen molar-refractivity contribution in [3.8, 4) is 0 Å². The molecule has 7 heteroatoms. The van der Waals surface area contributed by atoms with Crippen LogP contribution in [0.3, 0.4) is 0 Å². The fourth-order valence-corrected chi connectivity index (χ4v) is 3.19. The number of hydrazone groups is 1. The number of thiocarbonyl (C=S) groups is 1. The summed E-state index contributed by atoms with van der Waals surface area (Å²) < 4.78 is 24.3. The first-order valence-corrected chi connectivity index (χ1v) is 8.93. The molecule has 0 aliphatic heterocycles. The van der Waals surface area contributed by atoms with E-state index in [-0.39, 0.29) is 10.9 Å². The number of nitrogens with zero attached hydrogens (tertiary/aromatic N) is 1. The molecule has 0 bridgehead atoms. The van der Waals surface area contributed by atoms with Gasteiger partial charge in [0, 0.05) is 0 Å². The molecule has 0 spiro atoms. The van der Waals surface area contributed by atoms with Crippen molar-refractivity contribution in [2.24, 2.45) is 10.8 Å². The van der Waals surface area contributed by atoms with Gasteiger partial charge in [-0.25, -0.2) is 8.42 Å². The van der Waals surface area contributed by atoms with Gasteiger partial charge >= 0.3 is 0 Å². The van der Waals surface area contributed by atoms with Crippen LogP contribution in [0.4, 0.5) is 0 Å². The second kappa shape index (κ2) is 8.74. The third-order valence-corrected chi connectivity index (χ3v) is 4.80. The van der Waals surface area contributed by atoms with Gasteiger partial charge in [0.1, 0.15) is 0 Å². The summed E-state index contributed by atoms with van der Waals surface area (Å²) in [6.45, 7) is 2.10. The van der Waals surface area contributed by atoms with Crippen LogP contribution in [-0.4, -0.2) is 25.5 Å². The maximum Gasteiger partial charge on any atom is 0.184 e. The number of unbranched alkanes of at least 4 members (excludes halogenated alkanes) is 3. The number of nitrogens with two attached hydrogens (primary N) is 1. The van der Waals surface area contributed by atoms with E-state index >= 15 is 0 Å². The molecule has 21 heavy (non-hydrogen) atoms. The lowest BCUT2D eigenvalue weighted by Gasteiger charge is -2.04. The van der Waals surface area contributed by atoms with Gasteiger partial charge in [0.05, 0.1) is 16.9 Å². The van der Waals surface area contributed by atoms with E-state index < -0.39 is 9.84 Å². The van der Waals surface area contributed by atoms with Crippen LogP contribution in [0, 0.1) is 0 Å². The molecular formula is C14H21N3O2S2. The van der Waals surface area contributed by atoms with Crippen LogP contribution >= 0.6 is 12.2 Å². The minimum absolute atomic E-state index is 0.0810. The largest absolute Gasteiger partial charge is 0.375 e. The predicted molar refractivity (Wildman–Crippen MR) is 90.2 cm³/mol. The Balaban J connectivity index is 2.63. The molecule has 0 unspecified atom stereocenters. The van der Waals surface area contributed by atoms with Crippen LogP contribution < -0.4 is 11.2 Å². The molecule has 0 aromatic heterocycles. The molecule has 3 N–H and O–H groups in total. The molecule has 0 saturated carbocycles. The van der Waals surface area contributed by atoms with E-state index in [4.69, 9.17) is 5.73 Å². The minimum atomic E-state index is -3.19. The van der Waals surface area contributed by atoms with E-state index in [9.17, 15) is 8.42 Å². The average Bonchev–Trinajstić information content (AvgIpc) is 2.44. The number of rotatable bonds is 8. The maximum atomic E-state index is 12.1. The Morgan fingerprint density at radius 1 is 1.29 bits per heavy atom. The predicted octanol–water partition coefficient (Wildman–Crippen LogP) is 2.21. The third-order valence-electron chi connectivity index (χ3n) is 2.89. The normalized spacial score (nSPS) is 11.7. The van der Waals surface area contributed by atoms with Crippen LogP contribution in [0.5, 0.6) is 0 Å². The zero-order valence-corrected chi connectivity index (χ0v) is 13.7.